The van der Waals surface area contributed by atoms with E-state index in [0.717, 1.165) is 16.6 Å². The van der Waals surface area contributed by atoms with E-state index in [1.54, 1.807) is 21.6 Å². The minimum Gasteiger partial charge on any atom is -0.444 e. The molecule has 0 fully saturated rings. The van der Waals surface area contributed by atoms with Crippen LogP contribution >= 0.6 is 11.6 Å². The van der Waals surface area contributed by atoms with Crippen LogP contribution in [0.4, 0.5) is 9.59 Å². The number of carbonyl (C=O) groups is 2. The number of carbonyl (C=O) groups excluding carboxylic acids is 2. The molecule has 1 aliphatic heterocycles. The van der Waals surface area contributed by atoms with Crippen LogP contribution < -0.4 is 0 Å². The molecule has 2 heterocycles. The van der Waals surface area contributed by atoms with Gasteiger partial charge in [0.25, 0.3) is 0 Å². The molecule has 2 aromatic rings. The van der Waals surface area contributed by atoms with Crippen LogP contribution in [0.5, 0.6) is 0 Å². The third kappa shape index (κ3) is 4.90. The Morgan fingerprint density at radius 2 is 1.74 bits per heavy atom. The third-order valence-electron chi connectivity index (χ3n) is 4.96. The van der Waals surface area contributed by atoms with Crippen molar-refractivity contribution in [1.29, 1.82) is 0 Å². The number of hydrogen-bond donors (Lipinski definition) is 0. The standard InChI is InChI=1S/C24H31ClN2O4/c1-8-9-19-20-16(12-13-26(19)21(28)30-23(2,3)4)17-14-15(25)10-11-18(17)27(20)22(29)31-24(5,6)7/h8,10-11,14,19H,1,9,12-13H2,2-7H3. The summed E-state index contributed by atoms with van der Waals surface area (Å²) in [5.74, 6) is 0. The molecule has 168 valence electrons. The van der Waals surface area contributed by atoms with E-state index in [9.17, 15) is 9.59 Å². The van der Waals surface area contributed by atoms with Gasteiger partial charge in [-0.3, -0.25) is 4.90 Å². The summed E-state index contributed by atoms with van der Waals surface area (Å²) in [6.45, 7) is 15.3. The fourth-order valence-electron chi connectivity index (χ4n) is 3.94. The quantitative estimate of drug-likeness (QED) is 0.494. The van der Waals surface area contributed by atoms with Gasteiger partial charge in [0, 0.05) is 17.0 Å². The first-order chi connectivity index (χ1) is 14.3. The normalized spacial score (nSPS) is 16.7. The van der Waals surface area contributed by atoms with Gasteiger partial charge in [0.1, 0.15) is 11.2 Å². The van der Waals surface area contributed by atoms with Crippen LogP contribution in [-0.2, 0) is 15.9 Å². The molecule has 1 atom stereocenters. The van der Waals surface area contributed by atoms with Gasteiger partial charge in [0.05, 0.1) is 17.3 Å². The summed E-state index contributed by atoms with van der Waals surface area (Å²) < 4.78 is 12.9. The molecule has 7 heteroatoms. The molecule has 31 heavy (non-hydrogen) atoms. The number of halogens is 1. The molecule has 6 nitrogen and oxygen atoms in total. The topological polar surface area (TPSA) is 60.8 Å². The lowest BCUT2D eigenvalue weighted by Gasteiger charge is -2.37. The first-order valence-corrected chi connectivity index (χ1v) is 10.9. The zero-order valence-electron chi connectivity index (χ0n) is 19.1. The van der Waals surface area contributed by atoms with Crippen LogP contribution in [0.3, 0.4) is 0 Å². The molecule has 0 N–H and O–H groups in total. The Hall–Kier alpha value is -2.47. The van der Waals surface area contributed by atoms with Crippen molar-refractivity contribution in [3.05, 3.63) is 47.1 Å². The highest BCUT2D eigenvalue weighted by molar-refractivity contribution is 6.31. The number of ether oxygens (including phenoxy) is 2. The minimum atomic E-state index is -0.666. The lowest BCUT2D eigenvalue weighted by atomic mass is 9.95. The molecular weight excluding hydrogens is 416 g/mol. The summed E-state index contributed by atoms with van der Waals surface area (Å²) in [4.78, 5) is 28.0. The fraction of sp³-hybridized carbons (Fsp3) is 0.500. The number of aromatic nitrogens is 1. The fourth-order valence-corrected chi connectivity index (χ4v) is 4.11. The van der Waals surface area contributed by atoms with Gasteiger partial charge in [-0.1, -0.05) is 17.7 Å². The Labute approximate surface area is 188 Å². The number of benzene rings is 1. The van der Waals surface area contributed by atoms with Crippen LogP contribution in [0.15, 0.2) is 30.9 Å². The SMILES string of the molecule is C=CCC1c2c(c3cc(Cl)ccc3n2C(=O)OC(C)(C)C)CCN1C(=O)OC(C)(C)C. The van der Waals surface area contributed by atoms with Crippen molar-refractivity contribution in [3.63, 3.8) is 0 Å². The zero-order valence-corrected chi connectivity index (χ0v) is 19.9. The summed E-state index contributed by atoms with van der Waals surface area (Å²) in [7, 11) is 0. The predicted octanol–water partition coefficient (Wildman–Crippen LogP) is 6.49. The molecule has 1 unspecified atom stereocenters. The van der Waals surface area contributed by atoms with Crippen molar-refractivity contribution in [2.75, 3.05) is 6.54 Å². The van der Waals surface area contributed by atoms with Crippen LogP contribution in [0.2, 0.25) is 5.02 Å². The second-order valence-electron chi connectivity index (χ2n) is 9.80. The Morgan fingerprint density at radius 3 is 2.32 bits per heavy atom. The van der Waals surface area contributed by atoms with Crippen molar-refractivity contribution in [1.82, 2.24) is 9.47 Å². The number of rotatable bonds is 2. The van der Waals surface area contributed by atoms with Crippen molar-refractivity contribution in [2.24, 2.45) is 0 Å². The van der Waals surface area contributed by atoms with Gasteiger partial charge in [-0.2, -0.15) is 0 Å². The van der Waals surface area contributed by atoms with Gasteiger partial charge in [0.2, 0.25) is 0 Å². The second kappa shape index (κ2) is 8.23. The van der Waals surface area contributed by atoms with Gasteiger partial charge in [-0.05, 0) is 78.1 Å². The van der Waals surface area contributed by atoms with Crippen LogP contribution in [0.1, 0.15) is 65.3 Å². The molecule has 1 aliphatic rings. The van der Waals surface area contributed by atoms with Crippen molar-refractivity contribution in [2.45, 2.75) is 71.6 Å². The molecule has 0 saturated carbocycles. The Morgan fingerprint density at radius 1 is 1.13 bits per heavy atom. The average molecular weight is 447 g/mol. The van der Waals surface area contributed by atoms with Gasteiger partial charge >= 0.3 is 12.2 Å². The summed E-state index contributed by atoms with van der Waals surface area (Å²) >= 11 is 6.28. The lowest BCUT2D eigenvalue weighted by Crippen LogP contribution is -2.44. The Balaban J connectivity index is 2.20. The third-order valence-corrected chi connectivity index (χ3v) is 5.20. The summed E-state index contributed by atoms with van der Waals surface area (Å²) in [6.07, 6.45) is 1.90. The average Bonchev–Trinajstić information content (AvgIpc) is 2.93. The Kier molecular flexibility index (Phi) is 6.16. The molecule has 3 rings (SSSR count). The smallest absolute Gasteiger partial charge is 0.419 e. The van der Waals surface area contributed by atoms with Crippen LogP contribution in [0, 0.1) is 0 Å². The number of hydrogen-bond acceptors (Lipinski definition) is 4. The van der Waals surface area contributed by atoms with Crippen molar-refractivity contribution >= 4 is 34.7 Å². The maximum absolute atomic E-state index is 13.3. The number of nitrogens with zero attached hydrogens (tertiary/aromatic N) is 2. The van der Waals surface area contributed by atoms with Gasteiger partial charge < -0.3 is 9.47 Å². The second-order valence-corrected chi connectivity index (χ2v) is 10.2. The highest BCUT2D eigenvalue weighted by atomic mass is 35.5. The van der Waals surface area contributed by atoms with E-state index in [1.807, 2.05) is 53.7 Å². The van der Waals surface area contributed by atoms with Crippen LogP contribution in [-0.4, -0.2) is 39.4 Å². The van der Waals surface area contributed by atoms with Gasteiger partial charge in [-0.25, -0.2) is 14.2 Å². The lowest BCUT2D eigenvalue weighted by molar-refractivity contribution is 0.0128. The number of fused-ring (bicyclic) bond motifs is 3. The van der Waals surface area contributed by atoms with E-state index in [4.69, 9.17) is 21.1 Å². The highest BCUT2D eigenvalue weighted by Gasteiger charge is 2.38. The van der Waals surface area contributed by atoms with Crippen LogP contribution in [0.25, 0.3) is 10.9 Å². The zero-order chi connectivity index (χ0) is 23.1. The maximum atomic E-state index is 13.3. The van der Waals surface area contributed by atoms with Gasteiger partial charge in [-0.15, -0.1) is 6.58 Å². The Bertz CT molecular complexity index is 1030. The molecule has 1 aromatic heterocycles. The molecule has 0 saturated heterocycles. The van der Waals surface area contributed by atoms with E-state index in [2.05, 4.69) is 6.58 Å². The summed E-state index contributed by atoms with van der Waals surface area (Å²) in [5.41, 5.74) is 1.14. The molecule has 0 spiro atoms. The number of amides is 1. The predicted molar refractivity (Wildman–Crippen MR) is 123 cm³/mol. The minimum absolute atomic E-state index is 0.408. The molecule has 1 amide bonds. The molecular formula is C24H31ClN2O4. The van der Waals surface area contributed by atoms with E-state index in [-0.39, 0.29) is 0 Å². The van der Waals surface area contributed by atoms with Crippen molar-refractivity contribution < 1.29 is 19.1 Å². The summed E-state index contributed by atoms with van der Waals surface area (Å²) in [5, 5.41) is 1.48. The van der Waals surface area contributed by atoms with E-state index in [1.165, 1.54) is 0 Å². The summed E-state index contributed by atoms with van der Waals surface area (Å²) in [6, 6.07) is 5.03. The van der Waals surface area contributed by atoms with E-state index in [0.29, 0.717) is 29.9 Å². The first kappa shape index (κ1) is 23.2. The van der Waals surface area contributed by atoms with E-state index < -0.39 is 29.4 Å². The van der Waals surface area contributed by atoms with Gasteiger partial charge in [0.15, 0.2) is 0 Å². The molecule has 0 radical (unpaired) electrons. The molecule has 0 aliphatic carbocycles. The monoisotopic (exact) mass is 446 g/mol. The largest absolute Gasteiger partial charge is 0.444 e. The first-order valence-electron chi connectivity index (χ1n) is 10.5. The van der Waals surface area contributed by atoms with Crippen molar-refractivity contribution in [3.8, 4) is 0 Å². The highest BCUT2D eigenvalue weighted by Crippen LogP contribution is 2.40. The molecule has 0 bridgehead atoms. The molecule has 1 aromatic carbocycles. The van der Waals surface area contributed by atoms with E-state index >= 15 is 0 Å². The maximum Gasteiger partial charge on any atom is 0.419 e.